The molecule has 2 aromatic carbocycles. The van der Waals surface area contributed by atoms with E-state index in [-0.39, 0.29) is 0 Å². The Morgan fingerprint density at radius 2 is 1.23 bits per heavy atom. The molecule has 0 aliphatic heterocycles. The molecule has 0 bridgehead atoms. The van der Waals surface area contributed by atoms with Crippen LogP contribution in [0.15, 0.2) is 41.0 Å². The summed E-state index contributed by atoms with van der Waals surface area (Å²) in [6, 6.07) is 8.90. The molecule has 0 spiro atoms. The molecule has 0 unspecified atom stereocenters. The molecule has 26 heavy (non-hydrogen) atoms. The van der Waals surface area contributed by atoms with Gasteiger partial charge in [-0.1, -0.05) is 0 Å². The van der Waals surface area contributed by atoms with E-state index in [0.717, 1.165) is 11.4 Å². The second-order valence-electron chi connectivity index (χ2n) is 7.40. The van der Waals surface area contributed by atoms with Crippen LogP contribution in [0.2, 0.25) is 0 Å². The van der Waals surface area contributed by atoms with Crippen LogP contribution in [0, 0.1) is 41.5 Å². The molecule has 0 N–H and O–H groups in total. The van der Waals surface area contributed by atoms with Crippen molar-refractivity contribution < 1.29 is 0 Å². The molecular weight excluding hydrogens is 377 g/mol. The molecule has 0 saturated carbocycles. The Hall–Kier alpha value is -1.81. The molecule has 0 aromatic heterocycles. The Morgan fingerprint density at radius 1 is 0.808 bits per heavy atom. The molecule has 0 saturated heterocycles. The summed E-state index contributed by atoms with van der Waals surface area (Å²) in [5.41, 5.74) is 12.3. The SMILES string of the molecule is CC(/C=C(/C)[N]([GeH])c1c(C)cc(C)cc1C)=Nc1c(C)cc(C)cc1C. The van der Waals surface area contributed by atoms with Crippen LogP contribution in [0.25, 0.3) is 0 Å². The zero-order valence-corrected chi connectivity index (χ0v) is 19.8. The fraction of sp³-hybridized carbons (Fsp3) is 0.348. The summed E-state index contributed by atoms with van der Waals surface area (Å²) in [5.74, 6) is 0. The third-order valence-electron chi connectivity index (χ3n) is 4.60. The predicted octanol–water partition coefficient (Wildman–Crippen LogP) is 5.86. The quantitative estimate of drug-likeness (QED) is 0.458. The third kappa shape index (κ3) is 4.67. The molecule has 136 valence electrons. The van der Waals surface area contributed by atoms with Gasteiger partial charge in [0, 0.05) is 0 Å². The number of rotatable bonds is 4. The second kappa shape index (κ2) is 8.26. The second-order valence-corrected chi connectivity index (χ2v) is 8.49. The normalized spacial score (nSPS) is 12.5. The molecule has 0 aliphatic carbocycles. The van der Waals surface area contributed by atoms with Crippen molar-refractivity contribution in [3.8, 4) is 0 Å². The van der Waals surface area contributed by atoms with Gasteiger partial charge in [-0.25, -0.2) is 0 Å². The number of allylic oxidation sites excluding steroid dienone is 2. The first kappa shape index (κ1) is 20.5. The summed E-state index contributed by atoms with van der Waals surface area (Å²) in [5, 5.41) is 0. The van der Waals surface area contributed by atoms with Gasteiger partial charge in [-0.3, -0.25) is 0 Å². The number of aryl methyl sites for hydroxylation is 6. The van der Waals surface area contributed by atoms with Crippen LogP contribution >= 0.6 is 0 Å². The van der Waals surface area contributed by atoms with Crippen molar-refractivity contribution in [2.24, 2.45) is 4.99 Å². The van der Waals surface area contributed by atoms with E-state index in [4.69, 9.17) is 4.99 Å². The van der Waals surface area contributed by atoms with Gasteiger partial charge >= 0.3 is 167 Å². The predicted molar refractivity (Wildman–Crippen MR) is 117 cm³/mol. The molecular formula is C23H30GeN2. The van der Waals surface area contributed by atoms with Crippen molar-refractivity contribution in [1.29, 1.82) is 0 Å². The maximum atomic E-state index is 4.89. The standard InChI is InChI=1S/C23H30GeN2/c1-14-9-16(3)22(17(4)10-14)25-20(7)13-21(8)26(24)23-18(5)11-15(2)12-19(23)6/h9-13,24H,1-8H3/b21-13-,25-20?. The van der Waals surface area contributed by atoms with Crippen molar-refractivity contribution >= 4 is 33.8 Å². The number of aliphatic imine (C=N–C) groups is 1. The van der Waals surface area contributed by atoms with Crippen molar-refractivity contribution in [3.63, 3.8) is 0 Å². The van der Waals surface area contributed by atoms with Crippen LogP contribution in [0.5, 0.6) is 0 Å². The summed E-state index contributed by atoms with van der Waals surface area (Å²) < 4.78 is 2.32. The number of nitrogens with zero attached hydrogens (tertiary/aromatic N) is 2. The molecule has 0 amide bonds. The fourth-order valence-corrected chi connectivity index (χ4v) is 4.67. The Balaban J connectivity index is 2.37. The van der Waals surface area contributed by atoms with E-state index in [9.17, 15) is 0 Å². The van der Waals surface area contributed by atoms with E-state index < -0.39 is 0 Å². The minimum atomic E-state index is 1.03. The minimum absolute atomic E-state index is 1.03. The average Bonchev–Trinajstić information content (AvgIpc) is 2.49. The Morgan fingerprint density at radius 3 is 1.69 bits per heavy atom. The van der Waals surface area contributed by atoms with Gasteiger partial charge in [-0.2, -0.15) is 0 Å². The van der Waals surface area contributed by atoms with Crippen molar-refractivity contribution in [2.45, 2.75) is 55.4 Å². The van der Waals surface area contributed by atoms with E-state index in [1.807, 2.05) is 0 Å². The van der Waals surface area contributed by atoms with Gasteiger partial charge in [-0.05, 0) is 0 Å². The van der Waals surface area contributed by atoms with E-state index in [1.165, 1.54) is 44.8 Å². The fourth-order valence-electron chi connectivity index (χ4n) is 3.66. The van der Waals surface area contributed by atoms with Gasteiger partial charge in [0.1, 0.15) is 0 Å². The number of anilines is 1. The molecule has 0 heterocycles. The van der Waals surface area contributed by atoms with E-state index in [0.29, 0.717) is 0 Å². The zero-order chi connectivity index (χ0) is 19.6. The maximum absolute atomic E-state index is 4.89. The Kier molecular flexibility index (Phi) is 6.51. The van der Waals surface area contributed by atoms with Gasteiger partial charge in [0.2, 0.25) is 0 Å². The number of hydrogen-bond acceptors (Lipinski definition) is 2. The van der Waals surface area contributed by atoms with Crippen LogP contribution in [0.4, 0.5) is 11.4 Å². The molecule has 0 fully saturated rings. The first-order valence-corrected chi connectivity index (χ1v) is 10.1. The van der Waals surface area contributed by atoms with Gasteiger partial charge in [0.05, 0.1) is 0 Å². The third-order valence-corrected chi connectivity index (χ3v) is 5.99. The van der Waals surface area contributed by atoms with Gasteiger partial charge in [-0.15, -0.1) is 0 Å². The first-order chi connectivity index (χ1) is 12.1. The van der Waals surface area contributed by atoms with Gasteiger partial charge in [0.25, 0.3) is 0 Å². The average molecular weight is 407 g/mol. The molecule has 0 aliphatic rings. The number of hydrogen-bond donors (Lipinski definition) is 0. The van der Waals surface area contributed by atoms with E-state index in [2.05, 4.69) is 89.6 Å². The molecule has 2 radical (unpaired) electrons. The molecule has 2 aromatic rings. The number of benzene rings is 2. The summed E-state index contributed by atoms with van der Waals surface area (Å²) >= 11 is 1.59. The van der Waals surface area contributed by atoms with E-state index >= 15 is 0 Å². The Labute approximate surface area is 167 Å². The summed E-state index contributed by atoms with van der Waals surface area (Å²) in [6.45, 7) is 17.2. The summed E-state index contributed by atoms with van der Waals surface area (Å²) in [7, 11) is 0. The summed E-state index contributed by atoms with van der Waals surface area (Å²) in [4.78, 5) is 4.89. The van der Waals surface area contributed by atoms with Crippen molar-refractivity contribution in [2.75, 3.05) is 3.86 Å². The van der Waals surface area contributed by atoms with Gasteiger partial charge in [0.15, 0.2) is 0 Å². The molecule has 2 rings (SSSR count). The van der Waals surface area contributed by atoms with Crippen LogP contribution in [-0.4, -0.2) is 22.4 Å². The van der Waals surface area contributed by atoms with Crippen LogP contribution in [0.3, 0.4) is 0 Å². The van der Waals surface area contributed by atoms with Crippen molar-refractivity contribution in [1.82, 2.24) is 0 Å². The molecule has 3 heteroatoms. The van der Waals surface area contributed by atoms with Crippen LogP contribution in [-0.2, 0) is 0 Å². The monoisotopic (exact) mass is 408 g/mol. The van der Waals surface area contributed by atoms with E-state index in [1.54, 1.807) is 16.7 Å². The Bertz CT molecular complexity index is 845. The first-order valence-electron chi connectivity index (χ1n) is 9.04. The van der Waals surface area contributed by atoms with Crippen LogP contribution in [0.1, 0.15) is 47.2 Å². The zero-order valence-electron chi connectivity index (χ0n) is 17.4. The van der Waals surface area contributed by atoms with Crippen LogP contribution < -0.4 is 3.86 Å². The molecule has 2 nitrogen and oxygen atoms in total. The van der Waals surface area contributed by atoms with Gasteiger partial charge < -0.3 is 0 Å². The summed E-state index contributed by atoms with van der Waals surface area (Å²) in [6.07, 6.45) is 2.18. The topological polar surface area (TPSA) is 15.6 Å². The molecule has 0 atom stereocenters. The van der Waals surface area contributed by atoms with Crippen molar-refractivity contribution in [3.05, 3.63) is 69.4 Å².